The first kappa shape index (κ1) is 15.4. The highest BCUT2D eigenvalue weighted by molar-refractivity contribution is 5.95. The molecule has 0 atom stereocenters. The second kappa shape index (κ2) is 7.74. The molecule has 0 aliphatic heterocycles. The zero-order valence-corrected chi connectivity index (χ0v) is 11.2. The molecule has 0 heterocycles. The summed E-state index contributed by atoms with van der Waals surface area (Å²) in [5.41, 5.74) is 0.433. The fourth-order valence-corrected chi connectivity index (χ4v) is 1.59. The molecule has 1 rings (SSSR count). The van der Waals surface area contributed by atoms with Crippen molar-refractivity contribution in [3.63, 3.8) is 0 Å². The molecule has 0 bridgehead atoms. The van der Waals surface area contributed by atoms with Gasteiger partial charge in [0.2, 0.25) is 0 Å². The molecule has 1 aromatic carbocycles. The van der Waals surface area contributed by atoms with E-state index in [4.69, 9.17) is 4.74 Å². The molecule has 0 saturated heterocycles. The molecule has 0 fully saturated rings. The van der Waals surface area contributed by atoms with Gasteiger partial charge in [0.05, 0.1) is 0 Å². The first-order valence-electron chi connectivity index (χ1n) is 6.07. The number of amides is 1. The van der Waals surface area contributed by atoms with E-state index in [1.165, 1.54) is 6.07 Å². The maximum Gasteiger partial charge on any atom is 0.335 e. The molecule has 0 radical (unpaired) electrons. The fourth-order valence-electron chi connectivity index (χ4n) is 1.59. The van der Waals surface area contributed by atoms with Crippen LogP contribution in [0.2, 0.25) is 0 Å². The lowest BCUT2D eigenvalue weighted by atomic mass is 10.2. The Morgan fingerprint density at radius 3 is 2.35 bits per heavy atom. The highest BCUT2D eigenvalue weighted by Gasteiger charge is 2.14. The van der Waals surface area contributed by atoms with Gasteiger partial charge < -0.3 is 9.64 Å². The van der Waals surface area contributed by atoms with E-state index in [0.29, 0.717) is 24.4 Å². The van der Waals surface area contributed by atoms with Crippen molar-refractivity contribution in [2.75, 3.05) is 13.1 Å². The van der Waals surface area contributed by atoms with Crippen LogP contribution in [0.5, 0.6) is 5.75 Å². The largest absolute Gasteiger partial charge is 0.423 e. The SMILES string of the molecule is C=CCN(CC=C)C(=O)c1cccc(OC(=O)C=C)c1. The Labute approximate surface area is 118 Å². The third-order valence-electron chi connectivity index (χ3n) is 2.45. The van der Waals surface area contributed by atoms with Gasteiger partial charge >= 0.3 is 5.97 Å². The maximum absolute atomic E-state index is 12.3. The molecule has 4 heteroatoms. The lowest BCUT2D eigenvalue weighted by Gasteiger charge is -2.19. The van der Waals surface area contributed by atoms with E-state index in [-0.39, 0.29) is 5.91 Å². The first-order valence-corrected chi connectivity index (χ1v) is 6.07. The van der Waals surface area contributed by atoms with Gasteiger partial charge in [-0.2, -0.15) is 0 Å². The van der Waals surface area contributed by atoms with Crippen LogP contribution in [0.15, 0.2) is 62.2 Å². The number of hydrogen-bond donors (Lipinski definition) is 0. The minimum atomic E-state index is -0.566. The molecular formula is C16H17NO3. The molecule has 1 aromatic rings. The van der Waals surface area contributed by atoms with Crippen LogP contribution in [-0.4, -0.2) is 29.9 Å². The average molecular weight is 271 g/mol. The second-order valence-corrected chi connectivity index (χ2v) is 3.94. The van der Waals surface area contributed by atoms with E-state index in [1.54, 1.807) is 35.3 Å². The highest BCUT2D eigenvalue weighted by Crippen LogP contribution is 2.15. The van der Waals surface area contributed by atoms with Crippen LogP contribution in [0.3, 0.4) is 0 Å². The van der Waals surface area contributed by atoms with E-state index in [0.717, 1.165) is 6.08 Å². The van der Waals surface area contributed by atoms with Crippen molar-refractivity contribution in [1.82, 2.24) is 4.90 Å². The van der Waals surface area contributed by atoms with E-state index in [1.807, 2.05) is 0 Å². The molecule has 0 aromatic heterocycles. The Balaban J connectivity index is 2.94. The minimum absolute atomic E-state index is 0.179. The Morgan fingerprint density at radius 2 is 1.80 bits per heavy atom. The summed E-state index contributed by atoms with van der Waals surface area (Å²) in [6, 6.07) is 6.43. The van der Waals surface area contributed by atoms with E-state index >= 15 is 0 Å². The molecular weight excluding hydrogens is 254 g/mol. The van der Waals surface area contributed by atoms with Crippen LogP contribution >= 0.6 is 0 Å². The van der Waals surface area contributed by atoms with Crippen molar-refractivity contribution in [2.45, 2.75) is 0 Å². The zero-order valence-electron chi connectivity index (χ0n) is 11.2. The molecule has 0 N–H and O–H groups in total. The molecule has 4 nitrogen and oxygen atoms in total. The van der Waals surface area contributed by atoms with Crippen LogP contribution in [0.1, 0.15) is 10.4 Å². The molecule has 20 heavy (non-hydrogen) atoms. The number of hydrogen-bond acceptors (Lipinski definition) is 3. The predicted octanol–water partition coefficient (Wildman–Crippen LogP) is 2.59. The molecule has 1 amide bonds. The van der Waals surface area contributed by atoms with Gasteiger partial charge in [-0.3, -0.25) is 4.79 Å². The number of rotatable bonds is 7. The Kier molecular flexibility index (Phi) is 5.97. The Bertz CT molecular complexity index is 524. The first-order chi connectivity index (χ1) is 9.62. The summed E-state index contributed by atoms with van der Waals surface area (Å²) in [6.07, 6.45) is 4.35. The minimum Gasteiger partial charge on any atom is -0.423 e. The van der Waals surface area contributed by atoms with Crippen molar-refractivity contribution < 1.29 is 14.3 Å². The number of carbonyl (C=O) groups excluding carboxylic acids is 2. The van der Waals surface area contributed by atoms with Crippen molar-refractivity contribution in [2.24, 2.45) is 0 Å². The Hall–Kier alpha value is -2.62. The Morgan fingerprint density at radius 1 is 1.15 bits per heavy atom. The fraction of sp³-hybridized carbons (Fsp3) is 0.125. The van der Waals surface area contributed by atoms with Crippen LogP contribution in [0, 0.1) is 0 Å². The van der Waals surface area contributed by atoms with Crippen molar-refractivity contribution in [3.8, 4) is 5.75 Å². The van der Waals surface area contributed by atoms with Gasteiger partial charge in [-0.1, -0.05) is 24.8 Å². The molecule has 104 valence electrons. The van der Waals surface area contributed by atoms with Crippen LogP contribution in [-0.2, 0) is 4.79 Å². The monoisotopic (exact) mass is 271 g/mol. The van der Waals surface area contributed by atoms with E-state index in [9.17, 15) is 9.59 Å². The lowest BCUT2D eigenvalue weighted by Crippen LogP contribution is -2.31. The van der Waals surface area contributed by atoms with Gasteiger partial charge in [-0.05, 0) is 18.2 Å². The van der Waals surface area contributed by atoms with Crippen LogP contribution < -0.4 is 4.74 Å². The summed E-state index contributed by atoms with van der Waals surface area (Å²) >= 11 is 0. The average Bonchev–Trinajstić information content (AvgIpc) is 2.46. The third-order valence-corrected chi connectivity index (χ3v) is 2.45. The molecule has 0 saturated carbocycles. The number of benzene rings is 1. The van der Waals surface area contributed by atoms with Gasteiger partial charge in [0.15, 0.2) is 0 Å². The van der Waals surface area contributed by atoms with Crippen LogP contribution in [0.25, 0.3) is 0 Å². The summed E-state index contributed by atoms with van der Waals surface area (Å²) in [7, 11) is 0. The van der Waals surface area contributed by atoms with Crippen LogP contribution in [0.4, 0.5) is 0 Å². The summed E-state index contributed by atoms with van der Waals surface area (Å²) in [6.45, 7) is 11.4. The summed E-state index contributed by atoms with van der Waals surface area (Å²) in [5.74, 6) is -0.442. The van der Waals surface area contributed by atoms with Crippen molar-refractivity contribution in [3.05, 3.63) is 67.8 Å². The van der Waals surface area contributed by atoms with Crippen molar-refractivity contribution in [1.29, 1.82) is 0 Å². The van der Waals surface area contributed by atoms with Gasteiger partial charge in [-0.15, -0.1) is 13.2 Å². The number of esters is 1. The molecule has 0 aliphatic carbocycles. The zero-order chi connectivity index (χ0) is 15.0. The normalized spacial score (nSPS) is 9.40. The van der Waals surface area contributed by atoms with Gasteiger partial charge in [0, 0.05) is 24.7 Å². The lowest BCUT2D eigenvalue weighted by molar-refractivity contribution is -0.128. The summed E-state index contributed by atoms with van der Waals surface area (Å²) in [5, 5.41) is 0. The molecule has 0 aliphatic rings. The van der Waals surface area contributed by atoms with Gasteiger partial charge in [0.1, 0.15) is 5.75 Å². The van der Waals surface area contributed by atoms with E-state index < -0.39 is 5.97 Å². The second-order valence-electron chi connectivity index (χ2n) is 3.94. The standard InChI is InChI=1S/C16H17NO3/c1-4-10-17(11-5-2)16(19)13-8-7-9-14(12-13)20-15(18)6-3/h4-9,12H,1-3,10-11H2. The van der Waals surface area contributed by atoms with Crippen molar-refractivity contribution >= 4 is 11.9 Å². The summed E-state index contributed by atoms with van der Waals surface area (Å²) in [4.78, 5) is 25.0. The number of ether oxygens (including phenoxy) is 1. The topological polar surface area (TPSA) is 46.6 Å². The van der Waals surface area contributed by atoms with Gasteiger partial charge in [0.25, 0.3) is 5.91 Å². The summed E-state index contributed by atoms with van der Waals surface area (Å²) < 4.78 is 4.99. The van der Waals surface area contributed by atoms with E-state index in [2.05, 4.69) is 19.7 Å². The highest BCUT2D eigenvalue weighted by atomic mass is 16.5. The molecule has 0 unspecified atom stereocenters. The number of nitrogens with zero attached hydrogens (tertiary/aromatic N) is 1. The van der Waals surface area contributed by atoms with Gasteiger partial charge in [-0.25, -0.2) is 4.79 Å². The quantitative estimate of drug-likeness (QED) is 0.331. The maximum atomic E-state index is 12.3. The molecule has 0 spiro atoms. The third kappa shape index (κ3) is 4.24. The number of carbonyl (C=O) groups is 2. The predicted molar refractivity (Wildman–Crippen MR) is 78.6 cm³/mol. The smallest absolute Gasteiger partial charge is 0.335 e.